The molecule has 5 nitrogen and oxygen atoms in total. The van der Waals surface area contributed by atoms with Crippen LogP contribution in [0.4, 0.5) is 0 Å². The number of ether oxygens (including phenoxy) is 1. The molecule has 28 heavy (non-hydrogen) atoms. The lowest BCUT2D eigenvalue weighted by molar-refractivity contribution is 0.215. The predicted molar refractivity (Wildman–Crippen MR) is 121 cm³/mol. The molecule has 1 heterocycles. The Hall–Kier alpha value is -1.70. The van der Waals surface area contributed by atoms with E-state index < -0.39 is 0 Å². The van der Waals surface area contributed by atoms with Crippen molar-refractivity contribution in [3.05, 3.63) is 66.0 Å². The van der Waals surface area contributed by atoms with Crippen molar-refractivity contribution in [2.75, 3.05) is 0 Å². The number of rotatable bonds is 5. The smallest absolute Gasteiger partial charge is 0.282 e. The Morgan fingerprint density at radius 1 is 1.32 bits per heavy atom. The number of hydrogen-bond acceptors (Lipinski definition) is 4. The fourth-order valence-electron chi connectivity index (χ4n) is 2.60. The summed E-state index contributed by atoms with van der Waals surface area (Å²) in [7, 11) is 0. The first-order valence-corrected chi connectivity index (χ1v) is 10.7. The Morgan fingerprint density at radius 2 is 2.07 bits per heavy atom. The van der Waals surface area contributed by atoms with Gasteiger partial charge in [0.15, 0.2) is 0 Å². The van der Waals surface area contributed by atoms with Crippen molar-refractivity contribution >= 4 is 60.6 Å². The van der Waals surface area contributed by atoms with Crippen LogP contribution in [0.3, 0.4) is 0 Å². The summed E-state index contributed by atoms with van der Waals surface area (Å²) in [5, 5.41) is 5.40. The largest absolute Gasteiger partial charge is 0.489 e. The highest BCUT2D eigenvalue weighted by Gasteiger charge is 2.13. The van der Waals surface area contributed by atoms with Gasteiger partial charge in [-0.15, -0.1) is 0 Å². The van der Waals surface area contributed by atoms with E-state index in [9.17, 15) is 4.79 Å². The summed E-state index contributed by atoms with van der Waals surface area (Å²) in [4.78, 5) is 17.4. The summed E-state index contributed by atoms with van der Waals surface area (Å²) in [6.07, 6.45) is 2.44. The number of aromatic nitrogens is 2. The molecule has 0 amide bonds. The first kappa shape index (κ1) is 21.0. The van der Waals surface area contributed by atoms with E-state index in [4.69, 9.17) is 16.3 Å². The molecule has 0 N–H and O–H groups in total. The molecule has 2 aromatic carbocycles. The molecule has 0 radical (unpaired) electrons. The number of fused-ring (bicyclic) bond motifs is 1. The third-order valence-corrected chi connectivity index (χ3v) is 5.51. The fourth-order valence-corrected chi connectivity index (χ4v) is 3.89. The number of nitrogens with zero attached hydrogens (tertiary/aromatic N) is 3. The van der Waals surface area contributed by atoms with Crippen LogP contribution in [0.1, 0.15) is 31.7 Å². The van der Waals surface area contributed by atoms with Crippen molar-refractivity contribution < 1.29 is 4.74 Å². The lowest BCUT2D eigenvalue weighted by Crippen LogP contribution is -2.20. The molecule has 0 saturated heterocycles. The van der Waals surface area contributed by atoms with Gasteiger partial charge in [0.25, 0.3) is 5.56 Å². The monoisotopic (exact) mass is 525 g/mol. The van der Waals surface area contributed by atoms with Crippen molar-refractivity contribution in [3.63, 3.8) is 0 Å². The maximum atomic E-state index is 12.9. The second-order valence-corrected chi connectivity index (χ2v) is 8.53. The van der Waals surface area contributed by atoms with Crippen molar-refractivity contribution in [2.24, 2.45) is 5.10 Å². The van der Waals surface area contributed by atoms with E-state index >= 15 is 0 Å². The summed E-state index contributed by atoms with van der Waals surface area (Å²) in [5.74, 6) is 1.12. The second-order valence-electron chi connectivity index (χ2n) is 6.32. The highest BCUT2D eigenvalue weighted by atomic mass is 79.9. The number of benzene rings is 2. The molecule has 1 atom stereocenters. The Kier molecular flexibility index (Phi) is 6.58. The predicted octanol–water partition coefficient (Wildman–Crippen LogP) is 5.94. The molecule has 0 bridgehead atoms. The zero-order valence-corrected chi connectivity index (χ0v) is 19.5. The summed E-state index contributed by atoms with van der Waals surface area (Å²) in [6, 6.07) is 8.91. The van der Waals surface area contributed by atoms with Crippen LogP contribution < -0.4 is 10.3 Å². The Labute approximate surface area is 184 Å². The van der Waals surface area contributed by atoms with Gasteiger partial charge >= 0.3 is 0 Å². The molecule has 0 saturated carbocycles. The van der Waals surface area contributed by atoms with Gasteiger partial charge in [0.2, 0.25) is 0 Å². The van der Waals surface area contributed by atoms with Gasteiger partial charge < -0.3 is 4.74 Å². The molecular formula is C20H18Br2ClN3O2. The molecular weight excluding hydrogens is 510 g/mol. The summed E-state index contributed by atoms with van der Waals surface area (Å²) < 4.78 is 8.82. The summed E-state index contributed by atoms with van der Waals surface area (Å²) in [5.41, 5.74) is 1.05. The fraction of sp³-hybridized carbons (Fsp3) is 0.250. The van der Waals surface area contributed by atoms with Crippen molar-refractivity contribution in [1.29, 1.82) is 0 Å². The average molecular weight is 528 g/mol. The van der Waals surface area contributed by atoms with E-state index in [1.54, 1.807) is 37.4 Å². The molecule has 8 heteroatoms. The van der Waals surface area contributed by atoms with E-state index in [0.717, 1.165) is 15.4 Å². The standard InChI is InChI=1S/C20H18Br2ClN3O2/c1-4-11(2)28-19-13(7-15(23)9-17(19)22)10-24-26-12(3)25-18-6-5-14(21)8-16(18)20(26)27/h5-11H,4H2,1-3H3/t11-/m0/s1. The van der Waals surface area contributed by atoms with Crippen LogP contribution in [0.15, 0.2) is 49.2 Å². The van der Waals surface area contributed by atoms with E-state index in [1.165, 1.54) is 4.68 Å². The molecule has 0 spiro atoms. The Balaban J connectivity index is 2.11. The number of hydrogen-bond donors (Lipinski definition) is 0. The quantitative estimate of drug-likeness (QED) is 0.386. The molecule has 0 aliphatic rings. The zero-order valence-electron chi connectivity index (χ0n) is 15.5. The van der Waals surface area contributed by atoms with Gasteiger partial charge in [0.05, 0.1) is 27.7 Å². The molecule has 1 aromatic heterocycles. The maximum Gasteiger partial charge on any atom is 0.282 e. The van der Waals surface area contributed by atoms with E-state index in [0.29, 0.717) is 33.1 Å². The van der Waals surface area contributed by atoms with Crippen LogP contribution >= 0.6 is 43.5 Å². The molecule has 0 aliphatic carbocycles. The van der Waals surface area contributed by atoms with Crippen molar-refractivity contribution in [3.8, 4) is 5.75 Å². The van der Waals surface area contributed by atoms with Crippen molar-refractivity contribution in [1.82, 2.24) is 9.66 Å². The Morgan fingerprint density at radius 3 is 2.79 bits per heavy atom. The zero-order chi connectivity index (χ0) is 20.4. The Bertz CT molecular complexity index is 1130. The van der Waals surface area contributed by atoms with Gasteiger partial charge in [-0.1, -0.05) is 34.5 Å². The molecule has 3 aromatic rings. The lowest BCUT2D eigenvalue weighted by Gasteiger charge is -2.16. The number of halogens is 3. The topological polar surface area (TPSA) is 56.5 Å². The van der Waals surface area contributed by atoms with Gasteiger partial charge in [0, 0.05) is 15.1 Å². The second kappa shape index (κ2) is 8.76. The minimum atomic E-state index is -0.245. The van der Waals surface area contributed by atoms with E-state index in [-0.39, 0.29) is 11.7 Å². The highest BCUT2D eigenvalue weighted by molar-refractivity contribution is 9.10. The van der Waals surface area contributed by atoms with Gasteiger partial charge in [-0.2, -0.15) is 9.78 Å². The summed E-state index contributed by atoms with van der Waals surface area (Å²) >= 11 is 13.1. The third kappa shape index (κ3) is 4.47. The van der Waals surface area contributed by atoms with Crippen LogP contribution in [0.25, 0.3) is 10.9 Å². The van der Waals surface area contributed by atoms with Crippen LogP contribution in [-0.4, -0.2) is 22.0 Å². The van der Waals surface area contributed by atoms with Gasteiger partial charge in [-0.05, 0) is 66.5 Å². The van der Waals surface area contributed by atoms with Crippen LogP contribution in [-0.2, 0) is 0 Å². The molecule has 0 fully saturated rings. The third-order valence-electron chi connectivity index (χ3n) is 4.21. The van der Waals surface area contributed by atoms with Crippen LogP contribution in [0, 0.1) is 6.92 Å². The highest BCUT2D eigenvalue weighted by Crippen LogP contribution is 2.33. The van der Waals surface area contributed by atoms with Gasteiger partial charge in [-0.3, -0.25) is 4.79 Å². The van der Waals surface area contributed by atoms with E-state index in [2.05, 4.69) is 41.9 Å². The lowest BCUT2D eigenvalue weighted by atomic mass is 10.2. The molecule has 3 rings (SSSR count). The van der Waals surface area contributed by atoms with Crippen LogP contribution in [0.2, 0.25) is 5.02 Å². The maximum absolute atomic E-state index is 12.9. The first-order chi connectivity index (χ1) is 13.3. The minimum Gasteiger partial charge on any atom is -0.489 e. The molecule has 0 unspecified atom stereocenters. The SMILES string of the molecule is CC[C@H](C)Oc1c(Br)cc(Cl)cc1C=Nn1c(C)nc2ccc(Br)cc2c1=O. The first-order valence-electron chi connectivity index (χ1n) is 8.69. The normalized spacial score (nSPS) is 12.6. The van der Waals surface area contributed by atoms with Gasteiger partial charge in [0.1, 0.15) is 11.6 Å². The molecule has 0 aliphatic heterocycles. The van der Waals surface area contributed by atoms with Crippen molar-refractivity contribution in [2.45, 2.75) is 33.3 Å². The average Bonchev–Trinajstić information content (AvgIpc) is 2.64. The number of aryl methyl sites for hydroxylation is 1. The van der Waals surface area contributed by atoms with E-state index in [1.807, 2.05) is 19.9 Å². The minimum absolute atomic E-state index is 0.0220. The summed E-state index contributed by atoms with van der Waals surface area (Å²) in [6.45, 7) is 5.77. The van der Waals surface area contributed by atoms with Crippen LogP contribution in [0.5, 0.6) is 5.75 Å². The van der Waals surface area contributed by atoms with Gasteiger partial charge in [-0.25, -0.2) is 4.98 Å². The molecule has 146 valence electrons.